The van der Waals surface area contributed by atoms with Crippen molar-refractivity contribution in [3.8, 4) is 5.75 Å². The average molecular weight is 241 g/mol. The van der Waals surface area contributed by atoms with Crippen molar-refractivity contribution < 1.29 is 4.74 Å². The van der Waals surface area contributed by atoms with Crippen molar-refractivity contribution in [3.05, 3.63) is 42.6 Å². The number of benzene rings is 1. The zero-order chi connectivity index (χ0) is 12.4. The quantitative estimate of drug-likeness (QED) is 0.833. The lowest BCUT2D eigenvalue weighted by Gasteiger charge is -2.24. The summed E-state index contributed by atoms with van der Waals surface area (Å²) in [6.07, 6.45) is 2.67. The molecule has 2 heterocycles. The van der Waals surface area contributed by atoms with Crippen LogP contribution in [0.1, 0.15) is 6.42 Å². The molecule has 0 saturated heterocycles. The van der Waals surface area contributed by atoms with Crippen molar-refractivity contribution in [2.24, 2.45) is 0 Å². The number of nitrogens with zero attached hydrogens (tertiary/aromatic N) is 2. The predicted molar refractivity (Wildman–Crippen MR) is 72.2 cm³/mol. The first-order chi connectivity index (χ1) is 8.86. The van der Waals surface area contributed by atoms with Crippen LogP contribution in [0.5, 0.6) is 5.75 Å². The molecule has 0 aliphatic carbocycles. The molecule has 0 saturated carbocycles. The van der Waals surface area contributed by atoms with E-state index in [1.807, 2.05) is 36.4 Å². The second-order valence-corrected chi connectivity index (χ2v) is 4.23. The van der Waals surface area contributed by atoms with Gasteiger partial charge in [0.15, 0.2) is 0 Å². The molecular formula is C14H15N3O. The lowest BCUT2D eigenvalue weighted by Crippen LogP contribution is -2.19. The minimum Gasteiger partial charge on any atom is -0.491 e. The zero-order valence-corrected chi connectivity index (χ0v) is 10.0. The van der Waals surface area contributed by atoms with E-state index in [0.29, 0.717) is 5.82 Å². The normalized spacial score (nSPS) is 14.6. The fourth-order valence-electron chi connectivity index (χ4n) is 2.21. The molecule has 4 heteroatoms. The molecule has 4 nitrogen and oxygen atoms in total. The summed E-state index contributed by atoms with van der Waals surface area (Å²) in [5.41, 5.74) is 7.96. The summed E-state index contributed by atoms with van der Waals surface area (Å²) in [6.45, 7) is 1.61. The first-order valence-electron chi connectivity index (χ1n) is 6.06. The monoisotopic (exact) mass is 241 g/mol. The highest BCUT2D eigenvalue weighted by atomic mass is 16.5. The Hall–Kier alpha value is -2.23. The van der Waals surface area contributed by atoms with Crippen LogP contribution in [-0.4, -0.2) is 18.1 Å². The van der Waals surface area contributed by atoms with Crippen LogP contribution in [0.4, 0.5) is 17.2 Å². The van der Waals surface area contributed by atoms with Crippen molar-refractivity contribution >= 4 is 17.2 Å². The van der Waals surface area contributed by atoms with Gasteiger partial charge in [0.1, 0.15) is 11.6 Å². The molecule has 0 atom stereocenters. The predicted octanol–water partition coefficient (Wildman–Crippen LogP) is 2.58. The van der Waals surface area contributed by atoms with Gasteiger partial charge in [-0.2, -0.15) is 0 Å². The highest BCUT2D eigenvalue weighted by molar-refractivity contribution is 5.75. The lowest BCUT2D eigenvalue weighted by atomic mass is 10.2. The van der Waals surface area contributed by atoms with Crippen molar-refractivity contribution in [2.45, 2.75) is 6.42 Å². The molecule has 3 rings (SSSR count). The molecule has 0 radical (unpaired) electrons. The largest absolute Gasteiger partial charge is 0.491 e. The molecule has 0 spiro atoms. The maximum atomic E-state index is 5.97. The van der Waals surface area contributed by atoms with Crippen LogP contribution < -0.4 is 15.4 Å². The second kappa shape index (κ2) is 4.56. The Balaban J connectivity index is 2.10. The van der Waals surface area contributed by atoms with E-state index in [4.69, 9.17) is 10.5 Å². The highest BCUT2D eigenvalue weighted by Crippen LogP contribution is 2.37. The molecule has 0 bridgehead atoms. The van der Waals surface area contributed by atoms with Gasteiger partial charge < -0.3 is 15.4 Å². The number of aromatic nitrogens is 1. The third-order valence-electron chi connectivity index (χ3n) is 3.05. The van der Waals surface area contributed by atoms with Crippen LogP contribution >= 0.6 is 0 Å². The van der Waals surface area contributed by atoms with Gasteiger partial charge in [-0.3, -0.25) is 0 Å². The minimum atomic E-state index is 0.550. The van der Waals surface area contributed by atoms with Crippen molar-refractivity contribution in [1.82, 2.24) is 4.98 Å². The van der Waals surface area contributed by atoms with Gasteiger partial charge in [-0.25, -0.2) is 4.98 Å². The average Bonchev–Trinajstić information content (AvgIpc) is 2.62. The summed E-state index contributed by atoms with van der Waals surface area (Å²) < 4.78 is 5.74. The Morgan fingerprint density at radius 2 is 1.94 bits per heavy atom. The van der Waals surface area contributed by atoms with Crippen LogP contribution in [0.3, 0.4) is 0 Å². The summed E-state index contributed by atoms with van der Waals surface area (Å²) in [4.78, 5) is 6.32. The summed E-state index contributed by atoms with van der Waals surface area (Å²) in [7, 11) is 0. The van der Waals surface area contributed by atoms with Gasteiger partial charge in [-0.15, -0.1) is 0 Å². The third kappa shape index (κ3) is 1.86. The first-order valence-corrected chi connectivity index (χ1v) is 6.06. The Bertz CT molecular complexity index is 556. The third-order valence-corrected chi connectivity index (χ3v) is 3.05. The summed E-state index contributed by atoms with van der Waals surface area (Å²) in [5, 5.41) is 0. The van der Waals surface area contributed by atoms with E-state index in [-0.39, 0.29) is 0 Å². The van der Waals surface area contributed by atoms with Gasteiger partial charge in [0.05, 0.1) is 18.0 Å². The number of nitrogens with two attached hydrogens (primary N) is 1. The van der Waals surface area contributed by atoms with E-state index in [0.717, 1.165) is 36.7 Å². The van der Waals surface area contributed by atoms with Crippen molar-refractivity contribution in [3.63, 3.8) is 0 Å². The number of pyridine rings is 1. The number of hydrogen-bond acceptors (Lipinski definition) is 4. The van der Waals surface area contributed by atoms with Gasteiger partial charge in [0.25, 0.3) is 0 Å². The van der Waals surface area contributed by atoms with Crippen LogP contribution in [0, 0.1) is 0 Å². The summed E-state index contributed by atoms with van der Waals surface area (Å²) >= 11 is 0. The molecule has 1 aromatic carbocycles. The zero-order valence-electron chi connectivity index (χ0n) is 10.0. The molecule has 1 aliphatic heterocycles. The summed E-state index contributed by atoms with van der Waals surface area (Å²) in [5.74, 6) is 1.45. The van der Waals surface area contributed by atoms with Crippen molar-refractivity contribution in [1.29, 1.82) is 0 Å². The maximum absolute atomic E-state index is 5.97. The molecule has 1 aromatic heterocycles. The number of rotatable bonds is 1. The molecule has 92 valence electrons. The molecule has 0 unspecified atom stereocenters. The molecule has 2 N–H and O–H groups in total. The Morgan fingerprint density at radius 1 is 1.11 bits per heavy atom. The molecule has 0 amide bonds. The summed E-state index contributed by atoms with van der Waals surface area (Å²) in [6, 6.07) is 11.9. The fraction of sp³-hybridized carbons (Fsp3) is 0.214. The van der Waals surface area contributed by atoms with Gasteiger partial charge >= 0.3 is 0 Å². The van der Waals surface area contributed by atoms with Gasteiger partial charge in [0.2, 0.25) is 0 Å². The van der Waals surface area contributed by atoms with Crippen LogP contribution in [0.25, 0.3) is 0 Å². The second-order valence-electron chi connectivity index (χ2n) is 4.23. The molecular weight excluding hydrogens is 226 g/mol. The Labute approximate surface area is 106 Å². The standard InChI is InChI=1S/C14H15N3O/c15-14-12(6-3-8-16-14)17-9-4-10-18-13-7-2-1-5-11(13)17/h1-3,5-8H,4,9-10H2,(H2,15,16). The molecule has 1 aliphatic rings. The number of nitrogen functional groups attached to an aromatic ring is 1. The fourth-order valence-corrected chi connectivity index (χ4v) is 2.21. The SMILES string of the molecule is Nc1ncccc1N1CCCOc2ccccc21. The number of para-hydroxylation sites is 2. The Kier molecular flexibility index (Phi) is 2.76. The number of fused-ring (bicyclic) bond motifs is 1. The van der Waals surface area contributed by atoms with Crippen molar-refractivity contribution in [2.75, 3.05) is 23.8 Å². The van der Waals surface area contributed by atoms with E-state index >= 15 is 0 Å². The van der Waals surface area contributed by atoms with E-state index in [9.17, 15) is 0 Å². The molecule has 18 heavy (non-hydrogen) atoms. The highest BCUT2D eigenvalue weighted by Gasteiger charge is 2.19. The number of anilines is 3. The smallest absolute Gasteiger partial charge is 0.147 e. The van der Waals surface area contributed by atoms with E-state index < -0.39 is 0 Å². The first kappa shape index (κ1) is 10.9. The van der Waals surface area contributed by atoms with Crippen LogP contribution in [0.2, 0.25) is 0 Å². The number of hydrogen-bond donors (Lipinski definition) is 1. The van der Waals surface area contributed by atoms with Crippen LogP contribution in [0.15, 0.2) is 42.6 Å². The topological polar surface area (TPSA) is 51.4 Å². The van der Waals surface area contributed by atoms with Gasteiger partial charge in [0, 0.05) is 12.7 Å². The maximum Gasteiger partial charge on any atom is 0.147 e. The lowest BCUT2D eigenvalue weighted by molar-refractivity contribution is 0.322. The van der Waals surface area contributed by atoms with E-state index in [1.165, 1.54) is 0 Å². The van der Waals surface area contributed by atoms with Gasteiger partial charge in [-0.05, 0) is 30.7 Å². The molecule has 2 aromatic rings. The Morgan fingerprint density at radius 3 is 2.83 bits per heavy atom. The van der Waals surface area contributed by atoms with Gasteiger partial charge in [-0.1, -0.05) is 12.1 Å². The van der Waals surface area contributed by atoms with E-state index in [2.05, 4.69) is 9.88 Å². The number of ether oxygens (including phenoxy) is 1. The minimum absolute atomic E-state index is 0.550. The van der Waals surface area contributed by atoms with E-state index in [1.54, 1.807) is 6.20 Å². The van der Waals surface area contributed by atoms with Crippen LogP contribution in [-0.2, 0) is 0 Å². The molecule has 0 fully saturated rings.